The van der Waals surface area contributed by atoms with E-state index in [1.54, 1.807) is 0 Å². The van der Waals surface area contributed by atoms with Crippen molar-refractivity contribution in [3.05, 3.63) is 61.6 Å². The number of rotatable bonds is 8. The highest BCUT2D eigenvalue weighted by Gasteiger charge is 2.29. The van der Waals surface area contributed by atoms with Gasteiger partial charge in [0.25, 0.3) is 11.8 Å². The van der Waals surface area contributed by atoms with Crippen molar-refractivity contribution in [2.45, 2.75) is 13.8 Å². The monoisotopic (exact) mass is 589 g/mol. The van der Waals surface area contributed by atoms with Crippen LogP contribution in [0.5, 0.6) is 0 Å². The van der Waals surface area contributed by atoms with Crippen LogP contribution in [0.15, 0.2) is 18.2 Å². The lowest BCUT2D eigenvalue weighted by molar-refractivity contribution is 0.0585. The zero-order chi connectivity index (χ0) is 29.7. The van der Waals surface area contributed by atoms with Crippen molar-refractivity contribution in [1.82, 2.24) is 4.98 Å². The fraction of sp³-hybridized carbons (Fsp3) is 0.240. The first-order valence-corrected chi connectivity index (χ1v) is 12.8. The summed E-state index contributed by atoms with van der Waals surface area (Å²) in [5, 5.41) is 5.10. The molecular formula is C25H23N3O10S2. The Morgan fingerprint density at radius 1 is 0.625 bits per heavy atom. The highest BCUT2D eigenvalue weighted by molar-refractivity contribution is 7.19. The minimum absolute atomic E-state index is 0.0264. The van der Waals surface area contributed by atoms with Crippen molar-refractivity contribution in [3.8, 4) is 0 Å². The second-order valence-corrected chi connectivity index (χ2v) is 9.84. The molecule has 3 aromatic rings. The van der Waals surface area contributed by atoms with Crippen LogP contribution < -0.4 is 10.6 Å². The first-order valence-electron chi connectivity index (χ1n) is 11.2. The van der Waals surface area contributed by atoms with Crippen LogP contribution in [0.25, 0.3) is 0 Å². The van der Waals surface area contributed by atoms with E-state index in [0.717, 1.165) is 36.9 Å². The summed E-state index contributed by atoms with van der Waals surface area (Å²) in [6.45, 7) is 3.02. The molecule has 3 rings (SSSR count). The molecule has 15 heteroatoms. The van der Waals surface area contributed by atoms with Crippen LogP contribution in [-0.2, 0) is 18.9 Å². The molecule has 2 amide bonds. The molecule has 0 saturated carbocycles. The number of aromatic nitrogens is 1. The minimum atomic E-state index is -0.785. The standard InChI is InChI=1S/C25H23N3O10S2/c1-10-14(22(31)35-3)20(39-16(10)24(33)37-5)27-18(29)12-8-7-9-13(26-12)19(30)28-21-15(23(32)36-4)11(2)17(40-21)25(34)38-6/h7-9H,1-6H3,(H,27,29)(H,28,30). The molecule has 0 spiro atoms. The fourth-order valence-electron chi connectivity index (χ4n) is 3.50. The Hall–Kier alpha value is -4.63. The Kier molecular flexibility index (Phi) is 9.34. The van der Waals surface area contributed by atoms with Gasteiger partial charge in [-0.3, -0.25) is 9.59 Å². The molecule has 40 heavy (non-hydrogen) atoms. The van der Waals surface area contributed by atoms with E-state index in [-0.39, 0.29) is 53.4 Å². The summed E-state index contributed by atoms with van der Waals surface area (Å²) >= 11 is 1.63. The summed E-state index contributed by atoms with van der Waals surface area (Å²) in [6.07, 6.45) is 0. The topological polar surface area (TPSA) is 176 Å². The number of nitrogens with zero attached hydrogens (tertiary/aromatic N) is 1. The molecule has 0 aliphatic rings. The summed E-state index contributed by atoms with van der Waals surface area (Å²) in [7, 11) is 4.67. The van der Waals surface area contributed by atoms with Crippen molar-refractivity contribution in [2.75, 3.05) is 39.1 Å². The van der Waals surface area contributed by atoms with Crippen LogP contribution in [0.2, 0.25) is 0 Å². The SMILES string of the molecule is COC(=O)c1sc(NC(=O)c2cccc(C(=O)Nc3sc(C(=O)OC)c(C)c3C(=O)OC)n2)c(C(=O)OC)c1C. The van der Waals surface area contributed by atoms with E-state index in [9.17, 15) is 28.8 Å². The molecule has 0 fully saturated rings. The van der Waals surface area contributed by atoms with Gasteiger partial charge in [0.15, 0.2) is 0 Å². The van der Waals surface area contributed by atoms with Gasteiger partial charge in [-0.1, -0.05) is 6.07 Å². The summed E-state index contributed by atoms with van der Waals surface area (Å²) < 4.78 is 19.0. The second-order valence-electron chi connectivity index (χ2n) is 7.80. The third-order valence-corrected chi connectivity index (χ3v) is 7.86. The zero-order valence-electron chi connectivity index (χ0n) is 22.1. The maximum absolute atomic E-state index is 13.0. The van der Waals surface area contributed by atoms with Gasteiger partial charge in [0.05, 0.1) is 39.6 Å². The molecule has 0 unspecified atom stereocenters. The summed E-state index contributed by atoms with van der Waals surface area (Å²) in [5.74, 6) is -4.52. The molecule has 0 bridgehead atoms. The average molecular weight is 590 g/mol. The lowest BCUT2D eigenvalue weighted by atomic mass is 10.1. The van der Waals surface area contributed by atoms with E-state index in [0.29, 0.717) is 0 Å². The normalized spacial score (nSPS) is 10.3. The molecule has 210 valence electrons. The molecule has 0 atom stereocenters. The summed E-state index contributed by atoms with van der Waals surface area (Å²) in [6, 6.07) is 4.06. The van der Waals surface area contributed by atoms with Crippen molar-refractivity contribution in [1.29, 1.82) is 0 Å². The Balaban J connectivity index is 1.92. The number of ether oxygens (including phenoxy) is 4. The van der Waals surface area contributed by atoms with Crippen LogP contribution >= 0.6 is 22.7 Å². The average Bonchev–Trinajstić information content (AvgIpc) is 3.46. The number of pyridine rings is 1. The molecule has 0 radical (unpaired) electrons. The molecule has 13 nitrogen and oxygen atoms in total. The number of thiophene rings is 2. The molecule has 2 N–H and O–H groups in total. The molecule has 0 aliphatic carbocycles. The summed E-state index contributed by atoms with van der Waals surface area (Å²) in [5.41, 5.74) is 0.0814. The number of carbonyl (C=O) groups excluding carboxylic acids is 6. The zero-order valence-corrected chi connectivity index (χ0v) is 23.7. The van der Waals surface area contributed by atoms with Crippen molar-refractivity contribution in [2.24, 2.45) is 0 Å². The molecule has 0 aliphatic heterocycles. The fourth-order valence-corrected chi connectivity index (χ4v) is 5.71. The maximum atomic E-state index is 13.0. The molecular weight excluding hydrogens is 566 g/mol. The Bertz CT molecular complexity index is 1430. The summed E-state index contributed by atoms with van der Waals surface area (Å²) in [4.78, 5) is 79.3. The lowest BCUT2D eigenvalue weighted by Gasteiger charge is -2.08. The predicted molar refractivity (Wildman–Crippen MR) is 144 cm³/mol. The third-order valence-electron chi connectivity index (χ3n) is 5.48. The van der Waals surface area contributed by atoms with Crippen LogP contribution in [0.1, 0.15) is 72.2 Å². The number of hydrogen-bond donors (Lipinski definition) is 2. The van der Waals surface area contributed by atoms with Gasteiger partial charge < -0.3 is 29.6 Å². The lowest BCUT2D eigenvalue weighted by Crippen LogP contribution is -2.19. The quantitative estimate of drug-likeness (QED) is 0.290. The predicted octanol–water partition coefficient (Wildman–Crippen LogP) is 3.47. The van der Waals surface area contributed by atoms with Gasteiger partial charge >= 0.3 is 23.9 Å². The van der Waals surface area contributed by atoms with E-state index < -0.39 is 35.7 Å². The van der Waals surface area contributed by atoms with Crippen molar-refractivity contribution in [3.63, 3.8) is 0 Å². The molecule has 3 heterocycles. The number of nitrogens with one attached hydrogen (secondary N) is 2. The number of carbonyl (C=O) groups is 6. The van der Waals surface area contributed by atoms with E-state index in [2.05, 4.69) is 15.6 Å². The highest BCUT2D eigenvalue weighted by Crippen LogP contribution is 2.35. The van der Waals surface area contributed by atoms with E-state index >= 15 is 0 Å². The van der Waals surface area contributed by atoms with Gasteiger partial charge in [-0.15, -0.1) is 22.7 Å². The number of esters is 4. The third kappa shape index (κ3) is 5.84. The number of methoxy groups -OCH3 is 4. The number of amides is 2. The van der Waals surface area contributed by atoms with Gasteiger partial charge in [0.2, 0.25) is 0 Å². The van der Waals surface area contributed by atoms with Gasteiger partial charge in [-0.2, -0.15) is 0 Å². The first kappa shape index (κ1) is 29.9. The van der Waals surface area contributed by atoms with Crippen LogP contribution in [0.4, 0.5) is 10.0 Å². The molecule has 0 aromatic carbocycles. The Morgan fingerprint density at radius 2 is 0.975 bits per heavy atom. The number of hydrogen-bond acceptors (Lipinski definition) is 13. The smallest absolute Gasteiger partial charge is 0.348 e. The van der Waals surface area contributed by atoms with E-state index in [1.165, 1.54) is 46.3 Å². The van der Waals surface area contributed by atoms with Crippen molar-refractivity contribution < 1.29 is 47.7 Å². The van der Waals surface area contributed by atoms with E-state index in [1.807, 2.05) is 0 Å². The van der Waals surface area contributed by atoms with Crippen molar-refractivity contribution >= 4 is 68.4 Å². The van der Waals surface area contributed by atoms with Gasteiger partial charge in [-0.05, 0) is 37.1 Å². The van der Waals surface area contributed by atoms with Crippen LogP contribution in [0.3, 0.4) is 0 Å². The number of anilines is 2. The second kappa shape index (κ2) is 12.5. The Morgan fingerprint density at radius 3 is 1.30 bits per heavy atom. The first-order chi connectivity index (χ1) is 19.0. The van der Waals surface area contributed by atoms with Gasteiger partial charge in [0.1, 0.15) is 31.1 Å². The van der Waals surface area contributed by atoms with E-state index in [4.69, 9.17) is 18.9 Å². The molecule has 3 aromatic heterocycles. The van der Waals surface area contributed by atoms with Gasteiger partial charge in [0, 0.05) is 0 Å². The minimum Gasteiger partial charge on any atom is -0.465 e. The molecule has 0 saturated heterocycles. The van der Waals surface area contributed by atoms with Gasteiger partial charge in [-0.25, -0.2) is 24.2 Å². The van der Waals surface area contributed by atoms with Crippen LogP contribution in [-0.4, -0.2) is 69.1 Å². The maximum Gasteiger partial charge on any atom is 0.348 e. The Labute approximate surface area is 235 Å². The highest BCUT2D eigenvalue weighted by atomic mass is 32.1. The van der Waals surface area contributed by atoms with Crippen LogP contribution in [0, 0.1) is 13.8 Å². The largest absolute Gasteiger partial charge is 0.465 e.